The number of aromatic nitrogens is 1. The van der Waals surface area contributed by atoms with E-state index in [9.17, 15) is 8.42 Å². The highest BCUT2D eigenvalue weighted by molar-refractivity contribution is 7.98. The van der Waals surface area contributed by atoms with E-state index in [1.54, 1.807) is 23.9 Å². The zero-order valence-corrected chi connectivity index (χ0v) is 16.6. The summed E-state index contributed by atoms with van der Waals surface area (Å²) in [6.07, 6.45) is 3.49. The van der Waals surface area contributed by atoms with Crippen LogP contribution in [0, 0.1) is 0 Å². The van der Waals surface area contributed by atoms with Crippen LogP contribution < -0.4 is 4.90 Å². The zero-order valence-electron chi connectivity index (χ0n) is 15.0. The summed E-state index contributed by atoms with van der Waals surface area (Å²) in [5.74, 6) is 0.736. The van der Waals surface area contributed by atoms with Crippen molar-refractivity contribution in [2.75, 3.05) is 44.5 Å². The number of benzene rings is 1. The summed E-state index contributed by atoms with van der Waals surface area (Å²) in [4.78, 5) is 7.81. The molecule has 0 spiro atoms. The van der Waals surface area contributed by atoms with Gasteiger partial charge in [-0.25, -0.2) is 13.4 Å². The molecule has 0 unspecified atom stereocenters. The van der Waals surface area contributed by atoms with Crippen LogP contribution >= 0.6 is 11.8 Å². The van der Waals surface area contributed by atoms with Crippen molar-refractivity contribution in [1.82, 2.24) is 9.29 Å². The molecule has 6 nitrogen and oxygen atoms in total. The second-order valence-electron chi connectivity index (χ2n) is 6.07. The number of thioether (sulfide) groups is 1. The maximum atomic E-state index is 12.6. The van der Waals surface area contributed by atoms with Gasteiger partial charge in [-0.1, -0.05) is 12.1 Å². The summed E-state index contributed by atoms with van der Waals surface area (Å²) in [6.45, 7) is 2.34. The van der Waals surface area contributed by atoms with Gasteiger partial charge in [0.15, 0.2) is 0 Å². The van der Waals surface area contributed by atoms with Crippen LogP contribution in [0.4, 0.5) is 5.82 Å². The third kappa shape index (κ3) is 4.37. The molecule has 2 heterocycles. The van der Waals surface area contributed by atoms with Crippen molar-refractivity contribution < 1.29 is 13.2 Å². The summed E-state index contributed by atoms with van der Waals surface area (Å²) < 4.78 is 31.9. The lowest BCUT2D eigenvalue weighted by Gasteiger charge is -2.26. The second-order valence-corrected chi connectivity index (χ2v) is 8.89. The van der Waals surface area contributed by atoms with Crippen LogP contribution in [-0.2, 0) is 21.3 Å². The van der Waals surface area contributed by atoms with Gasteiger partial charge in [-0.15, -0.1) is 11.8 Å². The first-order valence-electron chi connectivity index (χ1n) is 8.39. The van der Waals surface area contributed by atoms with E-state index in [1.165, 1.54) is 21.0 Å². The molecule has 2 aromatic rings. The average Bonchev–Trinajstić information content (AvgIpc) is 2.69. The number of anilines is 1. The van der Waals surface area contributed by atoms with Gasteiger partial charge in [0, 0.05) is 37.8 Å². The number of morpholine rings is 1. The average molecular weight is 394 g/mol. The number of sulfonamides is 1. The summed E-state index contributed by atoms with van der Waals surface area (Å²) in [5, 5.41) is 0. The van der Waals surface area contributed by atoms with Crippen LogP contribution in [-0.4, -0.2) is 57.3 Å². The molecule has 0 aliphatic carbocycles. The van der Waals surface area contributed by atoms with Crippen LogP contribution in [0.1, 0.15) is 5.56 Å². The first kappa shape index (κ1) is 19.2. The van der Waals surface area contributed by atoms with Crippen molar-refractivity contribution in [1.29, 1.82) is 0 Å². The van der Waals surface area contributed by atoms with Gasteiger partial charge in [0.2, 0.25) is 10.0 Å². The van der Waals surface area contributed by atoms with Crippen molar-refractivity contribution in [2.24, 2.45) is 0 Å². The van der Waals surface area contributed by atoms with Crippen molar-refractivity contribution in [3.8, 4) is 0 Å². The van der Waals surface area contributed by atoms with E-state index in [-0.39, 0.29) is 4.90 Å². The van der Waals surface area contributed by atoms with Crippen LogP contribution in [0.25, 0.3) is 0 Å². The lowest BCUT2D eigenvalue weighted by atomic mass is 10.2. The summed E-state index contributed by atoms with van der Waals surface area (Å²) in [7, 11) is -1.56. The predicted molar refractivity (Wildman–Crippen MR) is 104 cm³/mol. The maximum absolute atomic E-state index is 12.6. The Morgan fingerprint density at radius 3 is 2.42 bits per heavy atom. The Bertz CT molecular complexity index is 818. The summed E-state index contributed by atoms with van der Waals surface area (Å²) >= 11 is 1.71. The Balaban J connectivity index is 1.69. The SMILES string of the molecule is CSc1ccc(CN(C)c2ccc(S(=O)(=O)N3CCOCC3)cn2)cc1. The van der Waals surface area contributed by atoms with Crippen LogP contribution in [0.5, 0.6) is 0 Å². The predicted octanol–water partition coefficient (Wildman–Crippen LogP) is 2.46. The van der Waals surface area contributed by atoms with E-state index >= 15 is 0 Å². The molecule has 1 saturated heterocycles. The van der Waals surface area contributed by atoms with Crippen molar-refractivity contribution in [2.45, 2.75) is 16.3 Å². The fourth-order valence-corrected chi connectivity index (χ4v) is 4.53. The van der Waals surface area contributed by atoms with E-state index in [1.807, 2.05) is 11.9 Å². The first-order valence-corrected chi connectivity index (χ1v) is 11.1. The fraction of sp³-hybridized carbons (Fsp3) is 0.389. The number of ether oxygens (including phenoxy) is 1. The van der Waals surface area contributed by atoms with E-state index in [2.05, 4.69) is 35.5 Å². The molecule has 140 valence electrons. The van der Waals surface area contributed by atoms with Crippen molar-refractivity contribution in [3.05, 3.63) is 48.2 Å². The normalized spacial score (nSPS) is 15.8. The molecule has 0 saturated carbocycles. The molecule has 0 amide bonds. The smallest absolute Gasteiger partial charge is 0.244 e. The molecule has 1 aliphatic rings. The van der Waals surface area contributed by atoms with Gasteiger partial charge in [0.25, 0.3) is 0 Å². The van der Waals surface area contributed by atoms with Gasteiger partial charge in [-0.2, -0.15) is 4.31 Å². The number of hydrogen-bond donors (Lipinski definition) is 0. The van der Waals surface area contributed by atoms with E-state index in [0.717, 1.165) is 5.82 Å². The minimum atomic E-state index is -3.50. The van der Waals surface area contributed by atoms with E-state index in [4.69, 9.17) is 4.74 Å². The molecule has 1 aromatic heterocycles. The molecular weight excluding hydrogens is 370 g/mol. The van der Waals surface area contributed by atoms with Gasteiger partial charge < -0.3 is 9.64 Å². The van der Waals surface area contributed by atoms with Gasteiger partial charge >= 0.3 is 0 Å². The molecule has 1 aromatic carbocycles. The highest BCUT2D eigenvalue weighted by Gasteiger charge is 2.26. The van der Waals surface area contributed by atoms with E-state index in [0.29, 0.717) is 32.8 Å². The fourth-order valence-electron chi connectivity index (χ4n) is 2.77. The lowest BCUT2D eigenvalue weighted by molar-refractivity contribution is 0.0730. The summed E-state index contributed by atoms with van der Waals surface area (Å²) in [5.41, 5.74) is 1.18. The van der Waals surface area contributed by atoms with Crippen LogP contribution in [0.15, 0.2) is 52.4 Å². The molecule has 0 bridgehead atoms. The minimum Gasteiger partial charge on any atom is -0.379 e. The van der Waals surface area contributed by atoms with Crippen molar-refractivity contribution >= 4 is 27.6 Å². The lowest BCUT2D eigenvalue weighted by Crippen LogP contribution is -2.40. The molecule has 8 heteroatoms. The van der Waals surface area contributed by atoms with Gasteiger partial charge in [-0.05, 0) is 36.1 Å². The highest BCUT2D eigenvalue weighted by Crippen LogP contribution is 2.20. The molecule has 1 aliphatic heterocycles. The van der Waals surface area contributed by atoms with Crippen LogP contribution in [0.2, 0.25) is 0 Å². The topological polar surface area (TPSA) is 62.7 Å². The third-order valence-corrected chi connectivity index (χ3v) is 6.92. The number of nitrogens with zero attached hydrogens (tertiary/aromatic N) is 3. The first-order chi connectivity index (χ1) is 12.5. The standard InChI is InChI=1S/C18H23N3O3S2/c1-20(14-15-3-5-16(25-2)6-4-15)18-8-7-17(13-19-18)26(22,23)21-9-11-24-12-10-21/h3-8,13H,9-12,14H2,1-2H3. The number of rotatable bonds is 6. The van der Waals surface area contributed by atoms with Gasteiger partial charge in [-0.3, -0.25) is 0 Å². The Labute approximate surface area is 159 Å². The van der Waals surface area contributed by atoms with Crippen LogP contribution in [0.3, 0.4) is 0 Å². The zero-order chi connectivity index (χ0) is 18.6. The molecule has 0 N–H and O–H groups in total. The molecule has 0 radical (unpaired) electrons. The van der Waals surface area contributed by atoms with Crippen molar-refractivity contribution in [3.63, 3.8) is 0 Å². The Morgan fingerprint density at radius 1 is 1.15 bits per heavy atom. The van der Waals surface area contributed by atoms with E-state index < -0.39 is 10.0 Å². The molecule has 26 heavy (non-hydrogen) atoms. The Hall–Kier alpha value is -1.61. The molecular formula is C18H23N3O3S2. The van der Waals surface area contributed by atoms with Gasteiger partial charge in [0.05, 0.1) is 13.2 Å². The monoisotopic (exact) mass is 393 g/mol. The Morgan fingerprint density at radius 2 is 1.85 bits per heavy atom. The highest BCUT2D eigenvalue weighted by atomic mass is 32.2. The minimum absolute atomic E-state index is 0.223. The maximum Gasteiger partial charge on any atom is 0.244 e. The Kier molecular flexibility index (Phi) is 6.18. The molecule has 0 atom stereocenters. The second kappa shape index (κ2) is 8.39. The summed E-state index contributed by atoms with van der Waals surface area (Å²) in [6, 6.07) is 11.8. The van der Waals surface area contributed by atoms with Gasteiger partial charge in [0.1, 0.15) is 10.7 Å². The number of pyridine rings is 1. The largest absolute Gasteiger partial charge is 0.379 e. The number of hydrogen-bond acceptors (Lipinski definition) is 6. The molecule has 3 rings (SSSR count). The quantitative estimate of drug-likeness (QED) is 0.703. The third-order valence-electron chi connectivity index (χ3n) is 4.30. The molecule has 1 fully saturated rings.